The number of amides is 2. The molecule has 1 atom stereocenters. The van der Waals surface area contributed by atoms with E-state index in [1.165, 1.54) is 0 Å². The molecule has 0 saturated heterocycles. The number of nitrogens with zero attached hydrogens (tertiary/aromatic N) is 3. The van der Waals surface area contributed by atoms with Gasteiger partial charge in [0.05, 0.1) is 0 Å². The number of nitrogens with one attached hydrogen (secondary N) is 2. The van der Waals surface area contributed by atoms with Gasteiger partial charge in [-0.1, -0.05) is 37.3 Å². The van der Waals surface area contributed by atoms with E-state index in [0.29, 0.717) is 31.2 Å². The third-order valence-corrected chi connectivity index (χ3v) is 3.52. The first-order chi connectivity index (χ1) is 12.0. The van der Waals surface area contributed by atoms with Crippen molar-refractivity contribution >= 4 is 17.8 Å². The summed E-state index contributed by atoms with van der Waals surface area (Å²) >= 11 is 0. The van der Waals surface area contributed by atoms with Crippen LogP contribution >= 0.6 is 0 Å². The minimum Gasteiger partial charge on any atom is -0.353 e. The Morgan fingerprint density at radius 2 is 1.96 bits per heavy atom. The lowest BCUT2D eigenvalue weighted by Gasteiger charge is -2.18. The smallest absolute Gasteiger partial charge is 0.265 e. The number of carbonyl (C=O) groups excluding carboxylic acids is 2. The summed E-state index contributed by atoms with van der Waals surface area (Å²) in [5.41, 5.74) is 0.731. The zero-order valence-corrected chi connectivity index (χ0v) is 14.7. The lowest BCUT2D eigenvalue weighted by molar-refractivity contribution is -0.129. The maximum atomic E-state index is 12.5. The second-order valence-electron chi connectivity index (χ2n) is 5.69. The lowest BCUT2D eigenvalue weighted by Crippen LogP contribution is -2.40. The second kappa shape index (κ2) is 8.81. The Balaban J connectivity index is 1.95. The fourth-order valence-corrected chi connectivity index (χ4v) is 2.13. The second-order valence-corrected chi connectivity index (χ2v) is 5.69. The Morgan fingerprint density at radius 1 is 1.24 bits per heavy atom. The van der Waals surface area contributed by atoms with Gasteiger partial charge in [0.2, 0.25) is 17.7 Å². The molecule has 134 valence electrons. The fourth-order valence-electron chi connectivity index (χ4n) is 2.13. The van der Waals surface area contributed by atoms with Gasteiger partial charge in [-0.2, -0.15) is 4.98 Å². The van der Waals surface area contributed by atoms with Crippen LogP contribution in [0.15, 0.2) is 34.9 Å². The third kappa shape index (κ3) is 5.30. The average Bonchev–Trinajstić information content (AvgIpc) is 3.09. The minimum absolute atomic E-state index is 0.184. The van der Waals surface area contributed by atoms with E-state index in [1.54, 1.807) is 11.8 Å². The first-order valence-corrected chi connectivity index (χ1v) is 8.13. The molecule has 25 heavy (non-hydrogen) atoms. The number of hydrogen-bond acceptors (Lipinski definition) is 6. The van der Waals surface area contributed by atoms with E-state index in [4.69, 9.17) is 4.52 Å². The van der Waals surface area contributed by atoms with Crippen LogP contribution in [0.25, 0.3) is 0 Å². The predicted octanol–water partition coefficient (Wildman–Crippen LogP) is 1.06. The van der Waals surface area contributed by atoms with E-state index in [1.807, 2.05) is 44.4 Å². The molecule has 8 nitrogen and oxygen atoms in total. The van der Waals surface area contributed by atoms with E-state index >= 15 is 0 Å². The molecule has 0 spiro atoms. The van der Waals surface area contributed by atoms with Gasteiger partial charge in [0.25, 0.3) is 5.95 Å². The first kappa shape index (κ1) is 18.4. The molecule has 2 rings (SSSR count). The molecule has 2 N–H and O–H groups in total. The standard InChI is InChI=1S/C17H23N5O3/c1-4-13(23)19-15(12-8-6-5-7-9-12)16(24)18-11-10-14-20-17(21-25-14)22(2)3/h5-9,15H,4,10-11H2,1-3H3,(H,18,24)(H,19,23). The highest BCUT2D eigenvalue weighted by atomic mass is 16.5. The van der Waals surface area contributed by atoms with Gasteiger partial charge in [-0.3, -0.25) is 9.59 Å². The van der Waals surface area contributed by atoms with Crippen molar-refractivity contribution in [1.29, 1.82) is 0 Å². The van der Waals surface area contributed by atoms with Crippen molar-refractivity contribution in [3.05, 3.63) is 41.8 Å². The number of carbonyl (C=O) groups is 2. The van der Waals surface area contributed by atoms with Gasteiger partial charge >= 0.3 is 0 Å². The van der Waals surface area contributed by atoms with Crippen molar-refractivity contribution < 1.29 is 14.1 Å². The van der Waals surface area contributed by atoms with Crippen molar-refractivity contribution in [3.63, 3.8) is 0 Å². The molecular weight excluding hydrogens is 322 g/mol. The monoisotopic (exact) mass is 345 g/mol. The molecule has 1 unspecified atom stereocenters. The van der Waals surface area contributed by atoms with Crippen molar-refractivity contribution in [3.8, 4) is 0 Å². The van der Waals surface area contributed by atoms with Crippen LogP contribution in [0.3, 0.4) is 0 Å². The van der Waals surface area contributed by atoms with Crippen LogP contribution in [0, 0.1) is 0 Å². The molecular formula is C17H23N5O3. The molecule has 2 aromatic rings. The summed E-state index contributed by atoms with van der Waals surface area (Å²) in [5.74, 6) is 0.466. The number of rotatable bonds is 8. The Hall–Kier alpha value is -2.90. The van der Waals surface area contributed by atoms with Crippen LogP contribution in [-0.4, -0.2) is 42.6 Å². The maximum absolute atomic E-state index is 12.5. The summed E-state index contributed by atoms with van der Waals surface area (Å²) in [6.07, 6.45) is 0.724. The molecule has 0 bridgehead atoms. The molecule has 0 fully saturated rings. The Labute approximate surface area is 146 Å². The highest BCUT2D eigenvalue weighted by molar-refractivity contribution is 5.88. The van der Waals surface area contributed by atoms with E-state index in [9.17, 15) is 9.59 Å². The molecule has 1 heterocycles. The maximum Gasteiger partial charge on any atom is 0.265 e. The normalized spacial score (nSPS) is 11.6. The van der Waals surface area contributed by atoms with Crippen molar-refractivity contribution in [2.24, 2.45) is 0 Å². The molecule has 1 aromatic carbocycles. The van der Waals surface area contributed by atoms with Gasteiger partial charge in [0.15, 0.2) is 0 Å². The Kier molecular flexibility index (Phi) is 6.50. The van der Waals surface area contributed by atoms with Gasteiger partial charge in [-0.05, 0) is 10.7 Å². The van der Waals surface area contributed by atoms with Crippen molar-refractivity contribution in [1.82, 2.24) is 20.8 Å². The van der Waals surface area contributed by atoms with Gasteiger partial charge in [-0.15, -0.1) is 0 Å². The molecule has 0 aliphatic heterocycles. The zero-order valence-electron chi connectivity index (χ0n) is 14.7. The predicted molar refractivity (Wildman–Crippen MR) is 93.0 cm³/mol. The molecule has 0 radical (unpaired) electrons. The van der Waals surface area contributed by atoms with Crippen LogP contribution in [-0.2, 0) is 16.0 Å². The SMILES string of the molecule is CCC(=O)NC(C(=O)NCCc1nc(N(C)C)no1)c1ccccc1. The van der Waals surface area contributed by atoms with Crippen LogP contribution in [0.2, 0.25) is 0 Å². The van der Waals surface area contributed by atoms with E-state index in [-0.39, 0.29) is 11.8 Å². The van der Waals surface area contributed by atoms with Gasteiger partial charge in [0.1, 0.15) is 6.04 Å². The molecule has 1 aromatic heterocycles. The van der Waals surface area contributed by atoms with E-state index < -0.39 is 6.04 Å². The van der Waals surface area contributed by atoms with Gasteiger partial charge in [-0.25, -0.2) is 0 Å². The third-order valence-electron chi connectivity index (χ3n) is 3.52. The zero-order chi connectivity index (χ0) is 18.2. The Bertz CT molecular complexity index is 699. The summed E-state index contributed by atoms with van der Waals surface area (Å²) < 4.78 is 5.11. The topological polar surface area (TPSA) is 100 Å². The highest BCUT2D eigenvalue weighted by Gasteiger charge is 2.21. The highest BCUT2D eigenvalue weighted by Crippen LogP contribution is 2.13. The average molecular weight is 345 g/mol. The van der Waals surface area contributed by atoms with Gasteiger partial charge in [0, 0.05) is 33.5 Å². The van der Waals surface area contributed by atoms with Crippen molar-refractivity contribution in [2.75, 3.05) is 25.5 Å². The van der Waals surface area contributed by atoms with Crippen molar-refractivity contribution in [2.45, 2.75) is 25.8 Å². The largest absolute Gasteiger partial charge is 0.353 e. The fraction of sp³-hybridized carbons (Fsp3) is 0.412. The Morgan fingerprint density at radius 3 is 2.56 bits per heavy atom. The molecule has 0 aliphatic rings. The number of anilines is 1. The number of hydrogen-bond donors (Lipinski definition) is 2. The van der Waals surface area contributed by atoms with Crippen LogP contribution in [0.1, 0.15) is 30.8 Å². The van der Waals surface area contributed by atoms with E-state index in [0.717, 1.165) is 5.56 Å². The lowest BCUT2D eigenvalue weighted by atomic mass is 10.1. The number of aromatic nitrogens is 2. The molecule has 0 saturated carbocycles. The van der Waals surface area contributed by atoms with Crippen LogP contribution < -0.4 is 15.5 Å². The molecule has 2 amide bonds. The number of benzene rings is 1. The minimum atomic E-state index is -0.728. The summed E-state index contributed by atoms with van der Waals surface area (Å²) in [6.45, 7) is 2.08. The first-order valence-electron chi connectivity index (χ1n) is 8.13. The quantitative estimate of drug-likeness (QED) is 0.742. The van der Waals surface area contributed by atoms with Gasteiger partial charge < -0.3 is 20.1 Å². The molecule has 0 aliphatic carbocycles. The molecule has 8 heteroatoms. The van der Waals surface area contributed by atoms with Crippen LogP contribution in [0.5, 0.6) is 0 Å². The summed E-state index contributed by atoms with van der Waals surface area (Å²) in [5, 5.41) is 9.36. The van der Waals surface area contributed by atoms with Crippen LogP contribution in [0.4, 0.5) is 5.95 Å². The summed E-state index contributed by atoms with van der Waals surface area (Å²) in [6, 6.07) is 8.40. The summed E-state index contributed by atoms with van der Waals surface area (Å²) in [4.78, 5) is 30.2. The van der Waals surface area contributed by atoms with E-state index in [2.05, 4.69) is 20.8 Å². The summed E-state index contributed by atoms with van der Waals surface area (Å²) in [7, 11) is 3.63.